The molecule has 2 aromatic carbocycles. The van der Waals surface area contributed by atoms with E-state index >= 15 is 0 Å². The fourth-order valence-electron chi connectivity index (χ4n) is 2.68. The van der Waals surface area contributed by atoms with Crippen LogP contribution in [-0.4, -0.2) is 16.9 Å². The van der Waals surface area contributed by atoms with Crippen molar-refractivity contribution >= 4 is 34.4 Å². The van der Waals surface area contributed by atoms with Gasteiger partial charge in [-0.3, -0.25) is 9.78 Å². The van der Waals surface area contributed by atoms with Gasteiger partial charge in [0, 0.05) is 21.7 Å². The molecule has 0 spiro atoms. The Hall–Kier alpha value is -3.06. The van der Waals surface area contributed by atoms with Gasteiger partial charge in [0.25, 0.3) is 5.91 Å². The Morgan fingerprint density at radius 3 is 2.38 bits per heavy atom. The minimum atomic E-state index is -0.817. The van der Waals surface area contributed by atoms with Crippen LogP contribution in [-0.2, 0) is 0 Å². The molecule has 4 N–H and O–H groups in total. The molecule has 0 aliphatic rings. The van der Waals surface area contributed by atoms with Crippen LogP contribution in [0.3, 0.4) is 0 Å². The van der Waals surface area contributed by atoms with Crippen molar-refractivity contribution in [1.82, 2.24) is 4.98 Å². The molecule has 0 radical (unpaired) electrons. The smallest absolute Gasteiger partial charge is 0.280 e. The highest BCUT2D eigenvalue weighted by molar-refractivity contribution is 6.30. The van der Waals surface area contributed by atoms with Crippen LogP contribution in [0, 0.1) is 18.6 Å². The van der Waals surface area contributed by atoms with Crippen LogP contribution < -0.4 is 11.5 Å². The highest BCUT2D eigenvalue weighted by atomic mass is 35.5. The molecule has 132 valence electrons. The number of nitrogens with two attached hydrogens (primary N) is 2. The molecule has 1 aromatic heterocycles. The van der Waals surface area contributed by atoms with Gasteiger partial charge in [0.2, 0.25) is 0 Å². The van der Waals surface area contributed by atoms with Gasteiger partial charge in [-0.15, -0.1) is 0 Å². The number of aryl methyl sites for hydroxylation is 1. The van der Waals surface area contributed by atoms with Crippen molar-refractivity contribution in [3.05, 3.63) is 64.3 Å². The lowest BCUT2D eigenvalue weighted by Crippen LogP contribution is -2.24. The number of hydrogen-bond acceptors (Lipinski definition) is 2. The summed E-state index contributed by atoms with van der Waals surface area (Å²) in [5.41, 5.74) is 11.6. The third-order valence-corrected chi connectivity index (χ3v) is 3.91. The summed E-state index contributed by atoms with van der Waals surface area (Å²) >= 11 is 5.70. The number of pyridine rings is 1. The molecule has 0 bridgehead atoms. The number of aliphatic imine (C=N–C) groups is 1. The summed E-state index contributed by atoms with van der Waals surface area (Å²) in [6.45, 7) is 1.70. The van der Waals surface area contributed by atoms with Crippen molar-refractivity contribution in [2.45, 2.75) is 6.92 Å². The number of hydrogen-bond donors (Lipinski definition) is 2. The van der Waals surface area contributed by atoms with Gasteiger partial charge in [-0.2, -0.15) is 4.99 Å². The molecule has 1 heterocycles. The van der Waals surface area contributed by atoms with E-state index < -0.39 is 17.5 Å². The molecular formula is C18H13ClF2N4O. The average Bonchev–Trinajstić information content (AvgIpc) is 2.52. The Morgan fingerprint density at radius 1 is 1.12 bits per heavy atom. The molecular weight excluding hydrogens is 362 g/mol. The normalized spacial score (nSPS) is 10.8. The maximum absolute atomic E-state index is 14.4. The Kier molecular flexibility index (Phi) is 4.56. The van der Waals surface area contributed by atoms with E-state index in [-0.39, 0.29) is 27.7 Å². The molecule has 3 rings (SSSR count). The first kappa shape index (κ1) is 17.8. The fourth-order valence-corrected chi connectivity index (χ4v) is 2.87. The number of benzene rings is 2. The quantitative estimate of drug-likeness (QED) is 0.529. The molecule has 5 nitrogen and oxygen atoms in total. The molecule has 0 fully saturated rings. The van der Waals surface area contributed by atoms with Gasteiger partial charge in [-0.1, -0.05) is 11.6 Å². The molecule has 0 atom stereocenters. The van der Waals surface area contributed by atoms with E-state index in [1.54, 1.807) is 13.0 Å². The summed E-state index contributed by atoms with van der Waals surface area (Å²) in [5.74, 6) is -2.69. The lowest BCUT2D eigenvalue weighted by molar-refractivity contribution is 0.100. The number of rotatable bonds is 2. The van der Waals surface area contributed by atoms with Crippen LogP contribution in [0.2, 0.25) is 5.02 Å². The van der Waals surface area contributed by atoms with E-state index in [4.69, 9.17) is 23.1 Å². The van der Waals surface area contributed by atoms with E-state index in [1.807, 2.05) is 0 Å². The van der Waals surface area contributed by atoms with E-state index in [1.165, 1.54) is 18.2 Å². The van der Waals surface area contributed by atoms with Crippen molar-refractivity contribution < 1.29 is 13.6 Å². The van der Waals surface area contributed by atoms with Crippen LogP contribution in [0.25, 0.3) is 22.0 Å². The monoisotopic (exact) mass is 374 g/mol. The molecule has 0 unspecified atom stereocenters. The third-order valence-electron chi connectivity index (χ3n) is 3.69. The van der Waals surface area contributed by atoms with E-state index in [9.17, 15) is 13.6 Å². The zero-order chi connectivity index (χ0) is 19.0. The minimum absolute atomic E-state index is 0.0533. The van der Waals surface area contributed by atoms with Crippen molar-refractivity contribution in [1.29, 1.82) is 0 Å². The van der Waals surface area contributed by atoms with Crippen molar-refractivity contribution in [2.75, 3.05) is 0 Å². The standard InChI is InChI=1S/C18H13ClF2N4O/c1-8-4-12(16-13(20)6-10(19)7-14(16)21)11-5-9(2-3-15(11)24-8)17(26)25-18(22)23/h2-7H,1H3,(H4,22,23,25,26). The van der Waals surface area contributed by atoms with Crippen LogP contribution in [0.1, 0.15) is 16.1 Å². The van der Waals surface area contributed by atoms with Gasteiger partial charge < -0.3 is 11.5 Å². The zero-order valence-corrected chi connectivity index (χ0v) is 14.3. The number of carbonyl (C=O) groups is 1. The Bertz CT molecular complexity index is 1060. The van der Waals surface area contributed by atoms with Crippen molar-refractivity contribution in [3.63, 3.8) is 0 Å². The van der Waals surface area contributed by atoms with E-state index in [2.05, 4.69) is 9.98 Å². The first-order chi connectivity index (χ1) is 12.3. The van der Waals surface area contributed by atoms with Crippen LogP contribution in [0.15, 0.2) is 41.4 Å². The Labute approximate surface area is 152 Å². The van der Waals surface area contributed by atoms with Gasteiger partial charge in [-0.05, 0) is 48.9 Å². The highest BCUT2D eigenvalue weighted by Crippen LogP contribution is 2.34. The molecule has 8 heteroatoms. The second kappa shape index (κ2) is 6.68. The molecule has 3 aromatic rings. The number of amides is 1. The van der Waals surface area contributed by atoms with Gasteiger partial charge in [0.1, 0.15) is 11.6 Å². The Balaban J connectivity index is 2.32. The molecule has 0 aliphatic heterocycles. The second-order valence-electron chi connectivity index (χ2n) is 5.63. The summed E-state index contributed by atoms with van der Waals surface area (Å²) in [4.78, 5) is 19.9. The largest absolute Gasteiger partial charge is 0.370 e. The minimum Gasteiger partial charge on any atom is -0.370 e. The maximum atomic E-state index is 14.4. The molecule has 0 saturated carbocycles. The lowest BCUT2D eigenvalue weighted by atomic mass is 9.97. The average molecular weight is 375 g/mol. The van der Waals surface area contributed by atoms with Gasteiger partial charge in [-0.25, -0.2) is 8.78 Å². The summed E-state index contributed by atoms with van der Waals surface area (Å²) in [6.07, 6.45) is 0. The third kappa shape index (κ3) is 3.34. The van der Waals surface area contributed by atoms with E-state index in [0.29, 0.717) is 16.6 Å². The van der Waals surface area contributed by atoms with Gasteiger partial charge in [0.05, 0.1) is 11.1 Å². The van der Waals surface area contributed by atoms with Gasteiger partial charge in [0.15, 0.2) is 5.96 Å². The van der Waals surface area contributed by atoms with Crippen LogP contribution in [0.5, 0.6) is 0 Å². The Morgan fingerprint density at radius 2 is 1.77 bits per heavy atom. The number of nitrogens with zero attached hydrogens (tertiary/aromatic N) is 2. The summed E-state index contributed by atoms with van der Waals surface area (Å²) in [6, 6.07) is 8.08. The number of fused-ring (bicyclic) bond motifs is 1. The molecule has 1 amide bonds. The highest BCUT2D eigenvalue weighted by Gasteiger charge is 2.18. The predicted molar refractivity (Wildman–Crippen MR) is 97.0 cm³/mol. The summed E-state index contributed by atoms with van der Waals surface area (Å²) < 4.78 is 28.8. The molecule has 0 saturated heterocycles. The molecule has 0 aliphatic carbocycles. The van der Waals surface area contributed by atoms with Gasteiger partial charge >= 0.3 is 0 Å². The number of aromatic nitrogens is 1. The first-order valence-electron chi connectivity index (χ1n) is 7.46. The topological polar surface area (TPSA) is 94.4 Å². The zero-order valence-electron chi connectivity index (χ0n) is 13.6. The summed E-state index contributed by atoms with van der Waals surface area (Å²) in [7, 11) is 0. The number of guanidine groups is 1. The maximum Gasteiger partial charge on any atom is 0.280 e. The van der Waals surface area contributed by atoms with Crippen LogP contribution in [0.4, 0.5) is 8.78 Å². The van der Waals surface area contributed by atoms with Crippen molar-refractivity contribution in [2.24, 2.45) is 16.5 Å². The second-order valence-corrected chi connectivity index (χ2v) is 6.07. The van der Waals surface area contributed by atoms with Crippen LogP contribution >= 0.6 is 11.6 Å². The predicted octanol–water partition coefficient (Wildman–Crippen LogP) is 3.56. The number of halogens is 3. The SMILES string of the molecule is Cc1cc(-c2c(F)cc(Cl)cc2F)c2cc(C(=O)N=C(N)N)ccc2n1. The fraction of sp³-hybridized carbons (Fsp3) is 0.0556. The van der Waals surface area contributed by atoms with Crippen molar-refractivity contribution in [3.8, 4) is 11.1 Å². The van der Waals surface area contributed by atoms with E-state index in [0.717, 1.165) is 12.1 Å². The molecule has 26 heavy (non-hydrogen) atoms. The lowest BCUT2D eigenvalue weighted by Gasteiger charge is -2.11. The number of carbonyl (C=O) groups excluding carboxylic acids is 1. The first-order valence-corrected chi connectivity index (χ1v) is 7.84. The summed E-state index contributed by atoms with van der Waals surface area (Å²) in [5, 5.41) is 0.329.